The molecule has 0 atom stereocenters. The lowest BCUT2D eigenvalue weighted by atomic mass is 9.80. The van der Waals surface area contributed by atoms with Crippen LogP contribution in [0.15, 0.2) is 12.1 Å². The Morgan fingerprint density at radius 2 is 1.71 bits per heavy atom. The van der Waals surface area contributed by atoms with E-state index in [1.54, 1.807) is 4.90 Å². The number of rotatable bonds is 3. The minimum absolute atomic E-state index is 0.0304. The molecule has 0 aromatic heterocycles. The van der Waals surface area contributed by atoms with Gasteiger partial charge in [-0.25, -0.2) is 0 Å². The second-order valence-electron chi connectivity index (χ2n) is 3.81. The Kier molecular flexibility index (Phi) is 3.61. The molecule has 14 heavy (non-hydrogen) atoms. The number of likely N-dealkylation sites (N-methyl/N-ethyl adjacent to an activating group) is 1. The molecule has 0 bridgehead atoms. The fourth-order valence-electron chi connectivity index (χ4n) is 1.40. The van der Waals surface area contributed by atoms with Crippen LogP contribution < -0.4 is 0 Å². The van der Waals surface area contributed by atoms with Crippen LogP contribution >= 0.6 is 0 Å². The molecule has 0 amide bonds. The van der Waals surface area contributed by atoms with E-state index in [4.69, 9.17) is 0 Å². The second-order valence-corrected chi connectivity index (χ2v) is 3.81. The third kappa shape index (κ3) is 3.34. The Bertz CT molecular complexity index is 209. The molecule has 1 aliphatic heterocycles. The van der Waals surface area contributed by atoms with Crippen LogP contribution in [0, 0.1) is 0 Å². The van der Waals surface area contributed by atoms with Crippen molar-refractivity contribution in [1.82, 2.24) is 9.80 Å². The number of hydrogen-bond donors (Lipinski definition) is 0. The molecule has 1 saturated heterocycles. The zero-order chi connectivity index (χ0) is 10.8. The third-order valence-electron chi connectivity index (χ3n) is 2.49. The molecule has 0 spiro atoms. The summed E-state index contributed by atoms with van der Waals surface area (Å²) in [4.78, 5) is 3.91. The fourth-order valence-corrected chi connectivity index (χ4v) is 1.40. The molecule has 0 N–H and O–H groups in total. The number of nitrogens with zero attached hydrogens (tertiary/aromatic N) is 2. The molecule has 1 fully saturated rings. The topological polar surface area (TPSA) is 6.48 Å². The van der Waals surface area contributed by atoms with E-state index in [1.165, 1.54) is 0 Å². The number of halogens is 3. The Morgan fingerprint density at radius 1 is 1.21 bits per heavy atom. The molecular formula is C8H15BF3N2-. The molecule has 1 heterocycles. The summed E-state index contributed by atoms with van der Waals surface area (Å²) in [5.41, 5.74) is -0.588. The van der Waals surface area contributed by atoms with E-state index in [-0.39, 0.29) is 6.54 Å². The van der Waals surface area contributed by atoms with Crippen molar-refractivity contribution < 1.29 is 12.9 Å². The van der Waals surface area contributed by atoms with E-state index < -0.39 is 12.4 Å². The molecule has 0 radical (unpaired) electrons. The monoisotopic (exact) mass is 207 g/mol. The van der Waals surface area contributed by atoms with Crippen molar-refractivity contribution in [2.75, 3.05) is 39.8 Å². The largest absolute Gasteiger partial charge is 0.506 e. The molecule has 6 heteroatoms. The van der Waals surface area contributed by atoms with Gasteiger partial charge in [-0.15, -0.1) is 12.1 Å². The highest BCUT2D eigenvalue weighted by Crippen LogP contribution is 2.19. The quantitative estimate of drug-likeness (QED) is 0.641. The predicted molar refractivity (Wildman–Crippen MR) is 52.2 cm³/mol. The molecule has 1 rings (SSSR count). The average Bonchev–Trinajstić information content (AvgIpc) is 2.07. The van der Waals surface area contributed by atoms with Gasteiger partial charge in [0.1, 0.15) is 0 Å². The lowest BCUT2D eigenvalue weighted by molar-refractivity contribution is 0.164. The summed E-state index contributed by atoms with van der Waals surface area (Å²) < 4.78 is 36.6. The highest BCUT2D eigenvalue weighted by Gasteiger charge is 2.28. The SMILES string of the molecule is C=C(CN1CCN(C)CC1)[B-](F)(F)F. The average molecular weight is 207 g/mol. The van der Waals surface area contributed by atoms with Gasteiger partial charge in [0.2, 0.25) is 0 Å². The Hall–Kier alpha value is -0.485. The van der Waals surface area contributed by atoms with Crippen molar-refractivity contribution in [2.24, 2.45) is 0 Å². The molecule has 82 valence electrons. The second kappa shape index (κ2) is 4.36. The zero-order valence-corrected chi connectivity index (χ0v) is 8.35. The van der Waals surface area contributed by atoms with Crippen LogP contribution in [-0.4, -0.2) is 56.5 Å². The summed E-state index contributed by atoms with van der Waals surface area (Å²) in [6, 6.07) is 0. The number of piperazine rings is 1. The van der Waals surface area contributed by atoms with Gasteiger partial charge in [0, 0.05) is 26.2 Å². The predicted octanol–water partition coefficient (Wildman–Crippen LogP) is 1.18. The maximum atomic E-state index is 12.2. The first-order valence-corrected chi connectivity index (χ1v) is 4.68. The van der Waals surface area contributed by atoms with Crippen LogP contribution in [0.4, 0.5) is 12.9 Å². The fraction of sp³-hybridized carbons (Fsp3) is 0.750. The lowest BCUT2D eigenvalue weighted by Gasteiger charge is -2.34. The van der Waals surface area contributed by atoms with E-state index in [9.17, 15) is 12.9 Å². The van der Waals surface area contributed by atoms with Crippen LogP contribution in [0.1, 0.15) is 0 Å². The van der Waals surface area contributed by atoms with Gasteiger partial charge in [0.25, 0.3) is 0 Å². The van der Waals surface area contributed by atoms with E-state index in [0.29, 0.717) is 13.1 Å². The van der Waals surface area contributed by atoms with Gasteiger partial charge < -0.3 is 17.8 Å². The standard InChI is InChI=1S/C8H15BF3N2/c1-8(9(10,11)12)7-14-5-3-13(2)4-6-14/h1,3-7H2,2H3/q-1. The van der Waals surface area contributed by atoms with Gasteiger partial charge in [-0.1, -0.05) is 0 Å². The molecule has 1 aliphatic rings. The molecule has 0 aliphatic carbocycles. The van der Waals surface area contributed by atoms with Crippen molar-refractivity contribution >= 4 is 6.98 Å². The molecule has 0 aromatic rings. The van der Waals surface area contributed by atoms with E-state index in [2.05, 4.69) is 11.5 Å². The first-order chi connectivity index (χ1) is 6.39. The maximum Gasteiger partial charge on any atom is 0.506 e. The van der Waals surface area contributed by atoms with Gasteiger partial charge in [0.15, 0.2) is 0 Å². The molecule has 0 saturated carbocycles. The minimum Gasteiger partial charge on any atom is -0.445 e. The van der Waals surface area contributed by atoms with Gasteiger partial charge >= 0.3 is 6.98 Å². The van der Waals surface area contributed by atoms with Crippen LogP contribution in [0.25, 0.3) is 0 Å². The molecule has 2 nitrogen and oxygen atoms in total. The van der Waals surface area contributed by atoms with E-state index >= 15 is 0 Å². The van der Waals surface area contributed by atoms with Gasteiger partial charge in [-0.3, -0.25) is 4.90 Å². The van der Waals surface area contributed by atoms with Crippen LogP contribution in [0.5, 0.6) is 0 Å². The highest BCUT2D eigenvalue weighted by molar-refractivity contribution is 6.66. The zero-order valence-electron chi connectivity index (χ0n) is 8.35. The van der Waals surface area contributed by atoms with E-state index in [1.807, 2.05) is 7.05 Å². The van der Waals surface area contributed by atoms with Gasteiger partial charge in [0.05, 0.1) is 0 Å². The summed E-state index contributed by atoms with van der Waals surface area (Å²) >= 11 is 0. The van der Waals surface area contributed by atoms with Crippen LogP contribution in [0.3, 0.4) is 0 Å². The summed E-state index contributed by atoms with van der Waals surface area (Å²) in [5, 5.41) is 0. The summed E-state index contributed by atoms with van der Waals surface area (Å²) in [7, 11) is 1.97. The normalized spacial score (nSPS) is 21.1. The summed E-state index contributed by atoms with van der Waals surface area (Å²) in [5.74, 6) is 0. The third-order valence-corrected chi connectivity index (χ3v) is 2.49. The van der Waals surface area contributed by atoms with Crippen molar-refractivity contribution in [2.45, 2.75) is 0 Å². The molecule has 0 unspecified atom stereocenters. The molecule has 0 aromatic carbocycles. The Morgan fingerprint density at radius 3 is 2.14 bits per heavy atom. The summed E-state index contributed by atoms with van der Waals surface area (Å²) in [6.07, 6.45) is 0. The van der Waals surface area contributed by atoms with Crippen molar-refractivity contribution in [1.29, 1.82) is 0 Å². The Balaban J connectivity index is 2.35. The van der Waals surface area contributed by atoms with Crippen molar-refractivity contribution in [3.8, 4) is 0 Å². The van der Waals surface area contributed by atoms with Gasteiger partial charge in [-0.2, -0.15) is 0 Å². The molecular weight excluding hydrogens is 192 g/mol. The Labute approximate surface area is 82.4 Å². The summed E-state index contributed by atoms with van der Waals surface area (Å²) in [6.45, 7) is 1.25. The number of hydrogen-bond acceptors (Lipinski definition) is 2. The maximum absolute atomic E-state index is 12.2. The van der Waals surface area contributed by atoms with Crippen LogP contribution in [-0.2, 0) is 0 Å². The van der Waals surface area contributed by atoms with Gasteiger partial charge in [-0.05, 0) is 13.6 Å². The minimum atomic E-state index is -4.86. The van der Waals surface area contributed by atoms with Crippen LogP contribution in [0.2, 0.25) is 0 Å². The highest BCUT2D eigenvalue weighted by atomic mass is 19.4. The first-order valence-electron chi connectivity index (χ1n) is 4.68. The van der Waals surface area contributed by atoms with Crippen molar-refractivity contribution in [3.63, 3.8) is 0 Å². The van der Waals surface area contributed by atoms with E-state index in [0.717, 1.165) is 13.1 Å². The first kappa shape index (κ1) is 11.6. The lowest BCUT2D eigenvalue weighted by Crippen LogP contribution is -2.46. The van der Waals surface area contributed by atoms with Crippen molar-refractivity contribution in [3.05, 3.63) is 12.1 Å². The smallest absolute Gasteiger partial charge is 0.445 e.